The summed E-state index contributed by atoms with van der Waals surface area (Å²) >= 11 is 1.40. The number of aryl methyl sites for hydroxylation is 2. The van der Waals surface area contributed by atoms with Crippen molar-refractivity contribution in [3.63, 3.8) is 0 Å². The van der Waals surface area contributed by atoms with Crippen LogP contribution in [0.4, 0.5) is 10.5 Å². The third-order valence-electron chi connectivity index (χ3n) is 6.80. The van der Waals surface area contributed by atoms with Crippen LogP contribution in [0.15, 0.2) is 60.0 Å². The van der Waals surface area contributed by atoms with Crippen molar-refractivity contribution in [3.05, 3.63) is 87.4 Å². The molecule has 0 unspecified atom stereocenters. The van der Waals surface area contributed by atoms with Gasteiger partial charge in [-0.15, -0.1) is 11.3 Å². The molecule has 0 spiro atoms. The van der Waals surface area contributed by atoms with Crippen LogP contribution in [0.1, 0.15) is 32.2 Å². The third-order valence-corrected chi connectivity index (χ3v) is 7.63. The normalized spacial score (nSPS) is 14.1. The minimum atomic E-state index is -0.218. The number of rotatable bonds is 10. The molecule has 2 heterocycles. The Labute approximate surface area is 234 Å². The van der Waals surface area contributed by atoms with E-state index in [0.717, 1.165) is 41.5 Å². The van der Waals surface area contributed by atoms with E-state index in [9.17, 15) is 9.59 Å². The molecule has 9 heteroatoms. The molecule has 2 aromatic carbocycles. The lowest BCUT2D eigenvalue weighted by Gasteiger charge is -2.33. The van der Waals surface area contributed by atoms with Gasteiger partial charge in [-0.2, -0.15) is 0 Å². The number of para-hydroxylation sites is 1. The van der Waals surface area contributed by atoms with Crippen LogP contribution >= 0.6 is 11.3 Å². The van der Waals surface area contributed by atoms with E-state index < -0.39 is 0 Å². The fraction of sp³-hybridized carbons (Fsp3) is 0.367. The predicted molar refractivity (Wildman–Crippen MR) is 157 cm³/mol. The van der Waals surface area contributed by atoms with Crippen LogP contribution in [0.2, 0.25) is 0 Å². The molecular formula is C30H37N5O3S. The maximum Gasteiger partial charge on any atom is 0.322 e. The molecule has 206 valence electrons. The topological polar surface area (TPSA) is 78.0 Å². The summed E-state index contributed by atoms with van der Waals surface area (Å²) in [5.41, 5.74) is 4.45. The van der Waals surface area contributed by atoms with Gasteiger partial charge < -0.3 is 19.9 Å². The number of piperazine rings is 1. The molecule has 1 aliphatic rings. The van der Waals surface area contributed by atoms with Crippen molar-refractivity contribution in [3.8, 4) is 0 Å². The number of anilines is 1. The summed E-state index contributed by atoms with van der Waals surface area (Å²) in [6, 6.07) is 16.0. The van der Waals surface area contributed by atoms with Gasteiger partial charge in [0.15, 0.2) is 0 Å². The molecule has 0 saturated carbocycles. The second kappa shape index (κ2) is 14.0. The van der Waals surface area contributed by atoms with E-state index in [2.05, 4.69) is 39.5 Å². The lowest BCUT2D eigenvalue weighted by atomic mass is 10.1. The first kappa shape index (κ1) is 28.5. The van der Waals surface area contributed by atoms with Gasteiger partial charge in [-0.05, 0) is 30.5 Å². The summed E-state index contributed by atoms with van der Waals surface area (Å²) in [7, 11) is 1.61. The number of ether oxygens (including phenoxy) is 1. The summed E-state index contributed by atoms with van der Waals surface area (Å²) in [6.45, 7) is 8.92. The molecule has 3 aromatic rings. The first-order valence-electron chi connectivity index (χ1n) is 13.2. The molecule has 8 nitrogen and oxygen atoms in total. The Bertz CT molecular complexity index is 1250. The lowest BCUT2D eigenvalue weighted by molar-refractivity contribution is 0.0645. The van der Waals surface area contributed by atoms with Gasteiger partial charge in [-0.3, -0.25) is 9.69 Å². The van der Waals surface area contributed by atoms with Crippen LogP contribution in [-0.4, -0.2) is 84.6 Å². The van der Waals surface area contributed by atoms with Crippen LogP contribution in [0.3, 0.4) is 0 Å². The maximum absolute atomic E-state index is 13.2. The largest absolute Gasteiger partial charge is 0.383 e. The number of benzene rings is 2. The molecule has 0 radical (unpaired) electrons. The highest BCUT2D eigenvalue weighted by molar-refractivity contribution is 7.09. The number of methoxy groups -OCH3 is 1. The van der Waals surface area contributed by atoms with Gasteiger partial charge in [0.25, 0.3) is 5.91 Å². The van der Waals surface area contributed by atoms with Crippen molar-refractivity contribution in [2.45, 2.75) is 20.4 Å². The van der Waals surface area contributed by atoms with Crippen molar-refractivity contribution in [1.29, 1.82) is 0 Å². The third kappa shape index (κ3) is 7.98. The summed E-state index contributed by atoms with van der Waals surface area (Å²) in [4.78, 5) is 36.8. The van der Waals surface area contributed by atoms with E-state index in [1.54, 1.807) is 17.4 Å². The molecule has 4 rings (SSSR count). The Balaban J connectivity index is 1.31. The minimum Gasteiger partial charge on any atom is -0.383 e. The Kier molecular flexibility index (Phi) is 10.2. The Morgan fingerprint density at radius 2 is 1.77 bits per heavy atom. The fourth-order valence-electron chi connectivity index (χ4n) is 4.49. The molecule has 1 fully saturated rings. The number of nitrogens with zero attached hydrogens (tertiary/aromatic N) is 4. The molecule has 0 atom stereocenters. The first-order valence-corrected chi connectivity index (χ1v) is 14.1. The van der Waals surface area contributed by atoms with Crippen molar-refractivity contribution in [2.24, 2.45) is 0 Å². The number of hydrogen-bond donors (Lipinski definition) is 1. The van der Waals surface area contributed by atoms with Crippen molar-refractivity contribution in [1.82, 2.24) is 19.7 Å². The minimum absolute atomic E-state index is 0.0552. The van der Waals surface area contributed by atoms with E-state index in [0.29, 0.717) is 38.5 Å². The highest BCUT2D eigenvalue weighted by Crippen LogP contribution is 2.21. The van der Waals surface area contributed by atoms with Crippen molar-refractivity contribution < 1.29 is 14.3 Å². The van der Waals surface area contributed by atoms with E-state index in [1.807, 2.05) is 55.1 Å². The summed E-state index contributed by atoms with van der Waals surface area (Å²) < 4.78 is 5.23. The molecule has 1 saturated heterocycles. The number of carbonyl (C=O) groups excluding carboxylic acids is 2. The Morgan fingerprint density at radius 1 is 1.05 bits per heavy atom. The zero-order valence-corrected chi connectivity index (χ0v) is 23.7. The number of aromatic nitrogens is 1. The monoisotopic (exact) mass is 547 g/mol. The first-order chi connectivity index (χ1) is 18.9. The standard InChI is InChI=1S/C30H37N5O3S/c1-23-9-7-10-24(2)28(23)32-30(37)35(19-20-38-3)21-27-31-26(22-39-27)29(36)34-17-15-33(16-18-34)14-8-13-25-11-5-4-6-12-25/h4-13,22H,14-21H2,1-3H3,(H,32,37). The fourth-order valence-corrected chi connectivity index (χ4v) is 5.28. The van der Waals surface area contributed by atoms with Gasteiger partial charge in [0.1, 0.15) is 10.7 Å². The summed E-state index contributed by atoms with van der Waals surface area (Å²) in [5.74, 6) is -0.0552. The molecular weight excluding hydrogens is 510 g/mol. The number of urea groups is 1. The number of carbonyl (C=O) groups is 2. The maximum atomic E-state index is 13.2. The summed E-state index contributed by atoms with van der Waals surface area (Å²) in [5, 5.41) is 5.56. The van der Waals surface area contributed by atoms with Gasteiger partial charge in [0.2, 0.25) is 0 Å². The van der Waals surface area contributed by atoms with Gasteiger partial charge in [-0.1, -0.05) is 60.7 Å². The second-order valence-electron chi connectivity index (χ2n) is 9.64. The van der Waals surface area contributed by atoms with Crippen LogP contribution in [0, 0.1) is 13.8 Å². The molecule has 1 aromatic heterocycles. The SMILES string of the molecule is COCCN(Cc1nc(C(=O)N2CCN(CC=Cc3ccccc3)CC2)cs1)C(=O)Nc1c(C)cccc1C. The zero-order valence-electron chi connectivity index (χ0n) is 22.9. The van der Waals surface area contributed by atoms with Crippen molar-refractivity contribution in [2.75, 3.05) is 58.3 Å². The van der Waals surface area contributed by atoms with Crippen LogP contribution in [-0.2, 0) is 11.3 Å². The van der Waals surface area contributed by atoms with E-state index in [1.165, 1.54) is 16.9 Å². The van der Waals surface area contributed by atoms with Crippen LogP contribution < -0.4 is 5.32 Å². The average molecular weight is 548 g/mol. The van der Waals surface area contributed by atoms with Gasteiger partial charge in [0, 0.05) is 57.4 Å². The number of nitrogens with one attached hydrogen (secondary N) is 1. The molecule has 39 heavy (non-hydrogen) atoms. The molecule has 0 aliphatic carbocycles. The van der Waals surface area contributed by atoms with E-state index in [-0.39, 0.29) is 11.9 Å². The van der Waals surface area contributed by atoms with Gasteiger partial charge >= 0.3 is 6.03 Å². The summed E-state index contributed by atoms with van der Waals surface area (Å²) in [6.07, 6.45) is 4.30. The Hall–Kier alpha value is -3.53. The van der Waals surface area contributed by atoms with E-state index in [4.69, 9.17) is 4.74 Å². The zero-order chi connectivity index (χ0) is 27.6. The van der Waals surface area contributed by atoms with Crippen LogP contribution in [0.5, 0.6) is 0 Å². The number of thiazole rings is 1. The lowest BCUT2D eigenvalue weighted by Crippen LogP contribution is -2.48. The van der Waals surface area contributed by atoms with Crippen LogP contribution in [0.25, 0.3) is 6.08 Å². The number of amides is 3. The second-order valence-corrected chi connectivity index (χ2v) is 10.6. The average Bonchev–Trinajstić information content (AvgIpc) is 3.42. The predicted octanol–water partition coefficient (Wildman–Crippen LogP) is 4.91. The molecule has 0 bridgehead atoms. The quantitative estimate of drug-likeness (QED) is 0.390. The van der Waals surface area contributed by atoms with Gasteiger partial charge in [-0.25, -0.2) is 9.78 Å². The Morgan fingerprint density at radius 3 is 2.46 bits per heavy atom. The molecule has 1 aliphatic heterocycles. The van der Waals surface area contributed by atoms with E-state index >= 15 is 0 Å². The van der Waals surface area contributed by atoms with Crippen molar-refractivity contribution >= 4 is 35.0 Å². The smallest absolute Gasteiger partial charge is 0.322 e. The highest BCUT2D eigenvalue weighted by atomic mass is 32.1. The number of hydrogen-bond acceptors (Lipinski definition) is 6. The van der Waals surface area contributed by atoms with Gasteiger partial charge in [0.05, 0.1) is 13.2 Å². The molecule has 1 N–H and O–H groups in total. The highest BCUT2D eigenvalue weighted by Gasteiger charge is 2.24. The molecule has 3 amide bonds.